The minimum atomic E-state index is -0.317. The van der Waals surface area contributed by atoms with Gasteiger partial charge in [0.15, 0.2) is 0 Å². The molecule has 2 rings (SSSR count). The zero-order valence-corrected chi connectivity index (χ0v) is 10.6. The molecule has 0 heterocycles. The topological polar surface area (TPSA) is 35.8 Å². The maximum atomic E-state index is 9.18. The monoisotopic (exact) mass is 256 g/mol. The average Bonchev–Trinajstić information content (AvgIpc) is 2.42. The smallest absolute Gasteiger partial charge is 0.121 e. The standard InChI is InChI=1S/C15H13ClN2/c16-14-8-6-13(7-9-14)15(10-17)18-11-12-4-2-1-3-5-12/h1-9,15,18H,11H2/t15-/m0/s1. The van der Waals surface area contributed by atoms with Crippen LogP contribution in [0.4, 0.5) is 0 Å². The summed E-state index contributed by atoms with van der Waals surface area (Å²) in [6.45, 7) is 0.668. The van der Waals surface area contributed by atoms with E-state index in [1.807, 2.05) is 42.5 Å². The second-order valence-corrected chi connectivity index (χ2v) is 4.42. The second-order valence-electron chi connectivity index (χ2n) is 3.98. The first-order valence-corrected chi connectivity index (χ1v) is 6.10. The summed E-state index contributed by atoms with van der Waals surface area (Å²) in [7, 11) is 0. The van der Waals surface area contributed by atoms with Crippen molar-refractivity contribution < 1.29 is 0 Å². The van der Waals surface area contributed by atoms with Gasteiger partial charge in [0, 0.05) is 11.6 Å². The minimum Gasteiger partial charge on any atom is -0.294 e. The molecule has 0 aliphatic carbocycles. The maximum Gasteiger partial charge on any atom is 0.121 e. The highest BCUT2D eigenvalue weighted by Crippen LogP contribution is 2.16. The van der Waals surface area contributed by atoms with Crippen molar-refractivity contribution in [3.05, 3.63) is 70.7 Å². The van der Waals surface area contributed by atoms with Crippen molar-refractivity contribution in [2.24, 2.45) is 0 Å². The Morgan fingerprint density at radius 2 is 1.72 bits per heavy atom. The Bertz CT molecular complexity index is 529. The summed E-state index contributed by atoms with van der Waals surface area (Å²) < 4.78 is 0. The molecule has 90 valence electrons. The quantitative estimate of drug-likeness (QED) is 0.906. The molecule has 0 aromatic heterocycles. The Morgan fingerprint density at radius 1 is 1.06 bits per heavy atom. The molecule has 0 fully saturated rings. The Balaban J connectivity index is 2.02. The third kappa shape index (κ3) is 3.33. The van der Waals surface area contributed by atoms with Crippen molar-refractivity contribution in [3.8, 4) is 6.07 Å². The summed E-state index contributed by atoms with van der Waals surface area (Å²) in [5.41, 5.74) is 2.09. The molecule has 1 N–H and O–H groups in total. The molecule has 0 spiro atoms. The molecule has 2 aromatic carbocycles. The number of nitrogens with zero attached hydrogens (tertiary/aromatic N) is 1. The summed E-state index contributed by atoms with van der Waals surface area (Å²) in [5, 5.41) is 13.1. The first-order valence-electron chi connectivity index (χ1n) is 5.72. The van der Waals surface area contributed by atoms with Crippen LogP contribution in [0.25, 0.3) is 0 Å². The number of nitrogens with one attached hydrogen (secondary N) is 1. The lowest BCUT2D eigenvalue weighted by Gasteiger charge is -2.12. The van der Waals surface area contributed by atoms with Crippen molar-refractivity contribution in [2.75, 3.05) is 0 Å². The van der Waals surface area contributed by atoms with Crippen LogP contribution in [0, 0.1) is 11.3 Å². The predicted octanol–water partition coefficient (Wildman–Crippen LogP) is 3.69. The molecular weight excluding hydrogens is 244 g/mol. The molecule has 0 aliphatic rings. The Hall–Kier alpha value is -1.82. The second kappa shape index (κ2) is 6.20. The largest absolute Gasteiger partial charge is 0.294 e. The van der Waals surface area contributed by atoms with Gasteiger partial charge in [-0.25, -0.2) is 0 Å². The highest BCUT2D eigenvalue weighted by molar-refractivity contribution is 6.30. The SMILES string of the molecule is N#C[C@H](NCc1ccccc1)c1ccc(Cl)cc1. The molecule has 0 aliphatic heterocycles. The molecule has 0 saturated heterocycles. The highest BCUT2D eigenvalue weighted by atomic mass is 35.5. The molecular formula is C15H13ClN2. The number of benzene rings is 2. The van der Waals surface area contributed by atoms with Crippen LogP contribution in [-0.4, -0.2) is 0 Å². The third-order valence-electron chi connectivity index (χ3n) is 2.69. The molecule has 0 saturated carbocycles. The molecule has 0 bridgehead atoms. The first kappa shape index (κ1) is 12.6. The van der Waals surface area contributed by atoms with Gasteiger partial charge in [-0.1, -0.05) is 54.1 Å². The van der Waals surface area contributed by atoms with Crippen LogP contribution < -0.4 is 5.32 Å². The van der Waals surface area contributed by atoms with Crippen LogP contribution in [0.1, 0.15) is 17.2 Å². The average molecular weight is 257 g/mol. The zero-order valence-electron chi connectivity index (χ0n) is 9.81. The van der Waals surface area contributed by atoms with Gasteiger partial charge in [0.25, 0.3) is 0 Å². The number of nitriles is 1. The number of rotatable bonds is 4. The Morgan fingerprint density at radius 3 is 2.33 bits per heavy atom. The molecule has 0 unspecified atom stereocenters. The van der Waals surface area contributed by atoms with E-state index in [2.05, 4.69) is 11.4 Å². The van der Waals surface area contributed by atoms with E-state index in [0.717, 1.165) is 11.1 Å². The van der Waals surface area contributed by atoms with E-state index in [1.165, 1.54) is 0 Å². The molecule has 0 radical (unpaired) electrons. The lowest BCUT2D eigenvalue weighted by Crippen LogP contribution is -2.19. The van der Waals surface area contributed by atoms with Gasteiger partial charge in [0.2, 0.25) is 0 Å². The highest BCUT2D eigenvalue weighted by Gasteiger charge is 2.09. The van der Waals surface area contributed by atoms with Gasteiger partial charge in [0.1, 0.15) is 6.04 Å². The fraction of sp³-hybridized carbons (Fsp3) is 0.133. The minimum absolute atomic E-state index is 0.317. The lowest BCUT2D eigenvalue weighted by atomic mass is 10.1. The lowest BCUT2D eigenvalue weighted by molar-refractivity contribution is 0.630. The van der Waals surface area contributed by atoms with E-state index in [-0.39, 0.29) is 6.04 Å². The normalized spacial score (nSPS) is 11.8. The van der Waals surface area contributed by atoms with Crippen LogP contribution in [0.2, 0.25) is 5.02 Å². The van der Waals surface area contributed by atoms with E-state index < -0.39 is 0 Å². The molecule has 3 heteroatoms. The van der Waals surface area contributed by atoms with Crippen LogP contribution in [0.5, 0.6) is 0 Å². The van der Waals surface area contributed by atoms with Gasteiger partial charge in [-0.15, -0.1) is 0 Å². The van der Waals surface area contributed by atoms with Gasteiger partial charge in [0.05, 0.1) is 6.07 Å². The van der Waals surface area contributed by atoms with Crippen LogP contribution >= 0.6 is 11.6 Å². The van der Waals surface area contributed by atoms with Crippen molar-refractivity contribution >= 4 is 11.6 Å². The fourth-order valence-corrected chi connectivity index (χ4v) is 1.84. The molecule has 0 amide bonds. The van der Waals surface area contributed by atoms with Gasteiger partial charge >= 0.3 is 0 Å². The van der Waals surface area contributed by atoms with Crippen molar-refractivity contribution in [2.45, 2.75) is 12.6 Å². The van der Waals surface area contributed by atoms with E-state index >= 15 is 0 Å². The van der Waals surface area contributed by atoms with Crippen LogP contribution in [-0.2, 0) is 6.54 Å². The van der Waals surface area contributed by atoms with Crippen molar-refractivity contribution in [1.82, 2.24) is 5.32 Å². The predicted molar refractivity (Wildman–Crippen MR) is 73.1 cm³/mol. The van der Waals surface area contributed by atoms with E-state index in [9.17, 15) is 5.26 Å². The number of halogens is 1. The zero-order chi connectivity index (χ0) is 12.8. The van der Waals surface area contributed by atoms with E-state index in [4.69, 9.17) is 11.6 Å². The van der Waals surface area contributed by atoms with Gasteiger partial charge in [-0.3, -0.25) is 5.32 Å². The maximum absolute atomic E-state index is 9.18. The molecule has 2 nitrogen and oxygen atoms in total. The van der Waals surface area contributed by atoms with Gasteiger partial charge in [-0.05, 0) is 23.3 Å². The summed E-state index contributed by atoms with van der Waals surface area (Å²) in [5.74, 6) is 0. The summed E-state index contributed by atoms with van der Waals surface area (Å²) in [6.07, 6.45) is 0. The summed E-state index contributed by atoms with van der Waals surface area (Å²) >= 11 is 5.83. The van der Waals surface area contributed by atoms with Crippen molar-refractivity contribution in [1.29, 1.82) is 5.26 Å². The van der Waals surface area contributed by atoms with Crippen LogP contribution in [0.15, 0.2) is 54.6 Å². The summed E-state index contributed by atoms with van der Waals surface area (Å²) in [4.78, 5) is 0. The van der Waals surface area contributed by atoms with Crippen LogP contribution in [0.3, 0.4) is 0 Å². The molecule has 1 atom stereocenters. The van der Waals surface area contributed by atoms with E-state index in [0.29, 0.717) is 11.6 Å². The molecule has 18 heavy (non-hydrogen) atoms. The molecule has 2 aromatic rings. The summed E-state index contributed by atoms with van der Waals surface area (Å²) in [6, 6.07) is 19.3. The Labute approximate surface area is 112 Å². The van der Waals surface area contributed by atoms with Gasteiger partial charge in [-0.2, -0.15) is 5.26 Å². The van der Waals surface area contributed by atoms with Gasteiger partial charge < -0.3 is 0 Å². The Kier molecular flexibility index (Phi) is 4.35. The first-order chi connectivity index (χ1) is 8.79. The van der Waals surface area contributed by atoms with E-state index in [1.54, 1.807) is 12.1 Å². The number of hydrogen-bond acceptors (Lipinski definition) is 2. The third-order valence-corrected chi connectivity index (χ3v) is 2.94. The van der Waals surface area contributed by atoms with Crippen molar-refractivity contribution in [3.63, 3.8) is 0 Å². The number of hydrogen-bond donors (Lipinski definition) is 1. The fourth-order valence-electron chi connectivity index (χ4n) is 1.71.